The van der Waals surface area contributed by atoms with E-state index in [0.29, 0.717) is 0 Å². The topological polar surface area (TPSA) is 32.3 Å². The molecular formula is C16H24N2O. The summed E-state index contributed by atoms with van der Waals surface area (Å²) in [6.45, 7) is 6.96. The molecule has 19 heavy (non-hydrogen) atoms. The summed E-state index contributed by atoms with van der Waals surface area (Å²) >= 11 is 0. The largest absolute Gasteiger partial charge is 0.354 e. The van der Waals surface area contributed by atoms with Gasteiger partial charge in [-0.2, -0.15) is 0 Å². The third-order valence-corrected chi connectivity index (χ3v) is 3.56. The molecule has 1 aliphatic heterocycles. The second-order valence-electron chi connectivity index (χ2n) is 5.72. The van der Waals surface area contributed by atoms with Gasteiger partial charge in [-0.25, -0.2) is 0 Å². The van der Waals surface area contributed by atoms with Gasteiger partial charge >= 0.3 is 0 Å². The maximum Gasteiger partial charge on any atom is 0.224 e. The monoisotopic (exact) mass is 260 g/mol. The fraction of sp³-hybridized carbons (Fsp3) is 0.562. The number of carbonyl (C=O) groups is 1. The smallest absolute Gasteiger partial charge is 0.224 e. The van der Waals surface area contributed by atoms with Gasteiger partial charge in [-0.3, -0.25) is 9.69 Å². The van der Waals surface area contributed by atoms with E-state index in [1.54, 1.807) is 0 Å². The van der Waals surface area contributed by atoms with E-state index in [-0.39, 0.29) is 17.9 Å². The molecule has 104 valence electrons. The molecule has 1 aromatic carbocycles. The van der Waals surface area contributed by atoms with Crippen LogP contribution in [0.5, 0.6) is 0 Å². The van der Waals surface area contributed by atoms with Crippen LogP contribution in [-0.4, -0.2) is 29.9 Å². The quantitative estimate of drug-likeness (QED) is 0.901. The molecule has 1 heterocycles. The number of hydrogen-bond donors (Lipinski definition) is 1. The summed E-state index contributed by atoms with van der Waals surface area (Å²) in [5, 5.41) is 3.03. The number of likely N-dealkylation sites (tertiary alicyclic amines) is 1. The Hall–Kier alpha value is -1.35. The Kier molecular flexibility index (Phi) is 4.97. The van der Waals surface area contributed by atoms with Crippen LogP contribution >= 0.6 is 0 Å². The lowest BCUT2D eigenvalue weighted by molar-refractivity contribution is -0.127. The highest BCUT2D eigenvalue weighted by molar-refractivity contribution is 5.79. The lowest BCUT2D eigenvalue weighted by Gasteiger charge is -2.32. The van der Waals surface area contributed by atoms with Crippen molar-refractivity contribution in [3.63, 3.8) is 0 Å². The van der Waals surface area contributed by atoms with Crippen LogP contribution in [0.4, 0.5) is 0 Å². The van der Waals surface area contributed by atoms with E-state index in [4.69, 9.17) is 0 Å². The van der Waals surface area contributed by atoms with Gasteiger partial charge < -0.3 is 5.32 Å². The van der Waals surface area contributed by atoms with Crippen LogP contribution in [0.15, 0.2) is 30.3 Å². The molecule has 2 rings (SSSR count). The van der Waals surface area contributed by atoms with Crippen molar-refractivity contribution in [2.45, 2.75) is 39.3 Å². The van der Waals surface area contributed by atoms with Gasteiger partial charge in [0, 0.05) is 19.1 Å². The predicted octanol–water partition coefficient (Wildman–Crippen LogP) is 2.42. The van der Waals surface area contributed by atoms with Gasteiger partial charge in [0.15, 0.2) is 0 Å². The van der Waals surface area contributed by atoms with Gasteiger partial charge in [-0.1, -0.05) is 30.3 Å². The summed E-state index contributed by atoms with van der Waals surface area (Å²) in [4.78, 5) is 14.5. The van der Waals surface area contributed by atoms with Crippen molar-refractivity contribution in [2.24, 2.45) is 5.92 Å². The zero-order valence-electron chi connectivity index (χ0n) is 11.9. The zero-order valence-corrected chi connectivity index (χ0v) is 11.9. The maximum absolute atomic E-state index is 12.1. The number of hydrogen-bond acceptors (Lipinski definition) is 2. The van der Waals surface area contributed by atoms with E-state index >= 15 is 0 Å². The first kappa shape index (κ1) is 14.1. The predicted molar refractivity (Wildman–Crippen MR) is 77.7 cm³/mol. The van der Waals surface area contributed by atoms with Crippen molar-refractivity contribution in [1.82, 2.24) is 10.2 Å². The summed E-state index contributed by atoms with van der Waals surface area (Å²) < 4.78 is 0. The third-order valence-electron chi connectivity index (χ3n) is 3.56. The number of nitrogens with zero attached hydrogens (tertiary/aromatic N) is 1. The number of amides is 1. The van der Waals surface area contributed by atoms with Crippen molar-refractivity contribution in [3.05, 3.63) is 35.9 Å². The van der Waals surface area contributed by atoms with Crippen LogP contribution in [0.25, 0.3) is 0 Å². The molecule has 1 aliphatic rings. The Morgan fingerprint density at radius 2 is 2.11 bits per heavy atom. The van der Waals surface area contributed by atoms with Crippen molar-refractivity contribution in [3.8, 4) is 0 Å². The maximum atomic E-state index is 12.1. The molecule has 0 spiro atoms. The van der Waals surface area contributed by atoms with E-state index in [1.165, 1.54) is 5.56 Å². The Morgan fingerprint density at radius 3 is 2.79 bits per heavy atom. The molecule has 1 fully saturated rings. The Balaban J connectivity index is 1.88. The average Bonchev–Trinajstić information content (AvgIpc) is 2.39. The summed E-state index contributed by atoms with van der Waals surface area (Å²) in [7, 11) is 0. The average molecular weight is 260 g/mol. The van der Waals surface area contributed by atoms with Crippen molar-refractivity contribution >= 4 is 5.91 Å². The minimum Gasteiger partial charge on any atom is -0.354 e. The van der Waals surface area contributed by atoms with Crippen molar-refractivity contribution < 1.29 is 4.79 Å². The minimum atomic E-state index is 0.153. The highest BCUT2D eigenvalue weighted by Crippen LogP contribution is 2.18. The van der Waals surface area contributed by atoms with Crippen LogP contribution in [0.2, 0.25) is 0 Å². The SMILES string of the molecule is CC(C)NC(=O)C1CCCN(Cc2ccccc2)C1. The molecule has 0 saturated carbocycles. The summed E-state index contributed by atoms with van der Waals surface area (Å²) in [5.41, 5.74) is 1.33. The molecule has 1 aromatic rings. The normalized spacial score (nSPS) is 20.5. The van der Waals surface area contributed by atoms with Crippen molar-refractivity contribution in [2.75, 3.05) is 13.1 Å². The Bertz CT molecular complexity index is 402. The second kappa shape index (κ2) is 6.71. The standard InChI is InChI=1S/C16H24N2O/c1-13(2)17-16(19)15-9-6-10-18(12-15)11-14-7-4-3-5-8-14/h3-5,7-8,13,15H,6,9-12H2,1-2H3,(H,17,19). The number of piperidine rings is 1. The number of benzene rings is 1. The molecule has 0 aliphatic carbocycles. The lowest BCUT2D eigenvalue weighted by Crippen LogP contribution is -2.44. The van der Waals surface area contributed by atoms with Gasteiger partial charge in [-0.15, -0.1) is 0 Å². The van der Waals surface area contributed by atoms with Crippen LogP contribution < -0.4 is 5.32 Å². The first-order valence-corrected chi connectivity index (χ1v) is 7.22. The lowest BCUT2D eigenvalue weighted by atomic mass is 9.96. The molecule has 0 radical (unpaired) electrons. The third kappa shape index (κ3) is 4.35. The fourth-order valence-corrected chi connectivity index (χ4v) is 2.66. The molecule has 1 amide bonds. The highest BCUT2D eigenvalue weighted by Gasteiger charge is 2.25. The van der Waals surface area contributed by atoms with Gasteiger partial charge in [0.05, 0.1) is 5.92 Å². The number of nitrogens with one attached hydrogen (secondary N) is 1. The molecule has 0 bridgehead atoms. The second-order valence-corrected chi connectivity index (χ2v) is 5.72. The molecule has 0 aromatic heterocycles. The van der Waals surface area contributed by atoms with Crippen LogP contribution in [0.3, 0.4) is 0 Å². The Labute approximate surface area is 116 Å². The first-order chi connectivity index (χ1) is 9.15. The number of rotatable bonds is 4. The van der Waals surface area contributed by atoms with E-state index in [2.05, 4.69) is 34.5 Å². The van der Waals surface area contributed by atoms with E-state index in [9.17, 15) is 4.79 Å². The van der Waals surface area contributed by atoms with Crippen LogP contribution in [0, 0.1) is 5.92 Å². The zero-order chi connectivity index (χ0) is 13.7. The van der Waals surface area contributed by atoms with Gasteiger partial charge in [-0.05, 0) is 38.8 Å². The van der Waals surface area contributed by atoms with Crippen molar-refractivity contribution in [1.29, 1.82) is 0 Å². The molecule has 1 saturated heterocycles. The van der Waals surface area contributed by atoms with E-state index in [0.717, 1.165) is 32.5 Å². The first-order valence-electron chi connectivity index (χ1n) is 7.22. The fourth-order valence-electron chi connectivity index (χ4n) is 2.66. The summed E-state index contributed by atoms with van der Waals surface area (Å²) in [6, 6.07) is 10.7. The Morgan fingerprint density at radius 1 is 1.37 bits per heavy atom. The van der Waals surface area contributed by atoms with Crippen LogP contribution in [-0.2, 0) is 11.3 Å². The van der Waals surface area contributed by atoms with Gasteiger partial charge in [0.1, 0.15) is 0 Å². The highest BCUT2D eigenvalue weighted by atomic mass is 16.2. The van der Waals surface area contributed by atoms with E-state index < -0.39 is 0 Å². The molecule has 3 nitrogen and oxygen atoms in total. The summed E-state index contributed by atoms with van der Waals surface area (Å²) in [5.74, 6) is 0.368. The number of carbonyl (C=O) groups excluding carboxylic acids is 1. The van der Waals surface area contributed by atoms with E-state index in [1.807, 2.05) is 19.9 Å². The van der Waals surface area contributed by atoms with Crippen LogP contribution in [0.1, 0.15) is 32.3 Å². The minimum absolute atomic E-state index is 0.153. The van der Waals surface area contributed by atoms with Gasteiger partial charge in [0.2, 0.25) is 5.91 Å². The van der Waals surface area contributed by atoms with Gasteiger partial charge in [0.25, 0.3) is 0 Å². The molecule has 1 unspecified atom stereocenters. The molecule has 1 N–H and O–H groups in total. The summed E-state index contributed by atoms with van der Waals surface area (Å²) in [6.07, 6.45) is 2.13. The molecule has 3 heteroatoms. The molecule has 1 atom stereocenters. The molecular weight excluding hydrogens is 236 g/mol.